The summed E-state index contributed by atoms with van der Waals surface area (Å²) >= 11 is 0. The van der Waals surface area contributed by atoms with Crippen molar-refractivity contribution >= 4 is 12.0 Å². The summed E-state index contributed by atoms with van der Waals surface area (Å²) in [6.45, 7) is 6.76. The van der Waals surface area contributed by atoms with Crippen LogP contribution in [0.1, 0.15) is 16.9 Å². The van der Waals surface area contributed by atoms with Crippen LogP contribution in [0.5, 0.6) is 0 Å². The van der Waals surface area contributed by atoms with Crippen LogP contribution in [-0.4, -0.2) is 37.0 Å². The molecule has 2 aromatic rings. The van der Waals surface area contributed by atoms with Crippen LogP contribution in [0.25, 0.3) is 6.08 Å². The number of hydrogen-bond acceptors (Lipinski definition) is 2. The van der Waals surface area contributed by atoms with Crippen molar-refractivity contribution in [2.24, 2.45) is 0 Å². The van der Waals surface area contributed by atoms with Gasteiger partial charge in [0, 0.05) is 11.6 Å². The summed E-state index contributed by atoms with van der Waals surface area (Å²) in [6, 6.07) is 12.3. The van der Waals surface area contributed by atoms with E-state index in [0.29, 0.717) is 5.76 Å². The van der Waals surface area contributed by atoms with E-state index in [2.05, 4.69) is 31.2 Å². The van der Waals surface area contributed by atoms with E-state index in [4.69, 9.17) is 4.42 Å². The van der Waals surface area contributed by atoms with Gasteiger partial charge in [-0.05, 0) is 25.1 Å². The van der Waals surface area contributed by atoms with Crippen LogP contribution in [-0.2, 0) is 11.3 Å². The molecule has 3 rings (SSSR count). The van der Waals surface area contributed by atoms with Gasteiger partial charge in [0.25, 0.3) is 0 Å². The number of hydrogen-bond donors (Lipinski definition) is 1. The van der Waals surface area contributed by atoms with Crippen LogP contribution in [0.2, 0.25) is 0 Å². The standard InChI is InChI=1S/C19H22N2O2/c1-16-4-2-5-17(14-16)15-20-9-11-21(12-10-20)19(22)8-7-18-6-3-13-23-18/h2-8,13-14H,9-12,15H2,1H3/p+1/b8-7+. The van der Waals surface area contributed by atoms with Gasteiger partial charge in [-0.2, -0.15) is 0 Å². The molecular formula is C19H23N2O2+. The smallest absolute Gasteiger partial charge is 0.247 e. The molecule has 2 heterocycles. The lowest BCUT2D eigenvalue weighted by molar-refractivity contribution is -0.917. The molecule has 1 aromatic heterocycles. The third kappa shape index (κ3) is 4.33. The first-order valence-corrected chi connectivity index (χ1v) is 8.10. The van der Waals surface area contributed by atoms with Crippen LogP contribution in [0.3, 0.4) is 0 Å². The van der Waals surface area contributed by atoms with Gasteiger partial charge in [0.2, 0.25) is 5.91 Å². The molecule has 1 N–H and O–H groups in total. The zero-order valence-corrected chi connectivity index (χ0v) is 13.5. The molecule has 120 valence electrons. The maximum Gasteiger partial charge on any atom is 0.247 e. The van der Waals surface area contributed by atoms with E-state index in [9.17, 15) is 4.79 Å². The number of nitrogens with one attached hydrogen (secondary N) is 1. The molecule has 0 spiro atoms. The lowest BCUT2D eigenvalue weighted by atomic mass is 10.1. The molecule has 1 fully saturated rings. The Labute approximate surface area is 137 Å². The summed E-state index contributed by atoms with van der Waals surface area (Å²) < 4.78 is 5.20. The number of piperazine rings is 1. The van der Waals surface area contributed by atoms with Crippen molar-refractivity contribution in [1.82, 2.24) is 4.90 Å². The minimum absolute atomic E-state index is 0.0657. The highest BCUT2D eigenvalue weighted by molar-refractivity contribution is 5.91. The number of carbonyl (C=O) groups is 1. The van der Waals surface area contributed by atoms with E-state index in [-0.39, 0.29) is 5.91 Å². The van der Waals surface area contributed by atoms with Crippen molar-refractivity contribution < 1.29 is 14.1 Å². The van der Waals surface area contributed by atoms with Crippen molar-refractivity contribution in [2.45, 2.75) is 13.5 Å². The number of aryl methyl sites for hydroxylation is 1. The molecule has 0 unspecified atom stereocenters. The highest BCUT2D eigenvalue weighted by atomic mass is 16.3. The van der Waals surface area contributed by atoms with Gasteiger partial charge >= 0.3 is 0 Å². The SMILES string of the molecule is Cc1cccc(C[NH+]2CCN(C(=O)/C=C/c3ccco3)CC2)c1. The van der Waals surface area contributed by atoms with Gasteiger partial charge in [-0.1, -0.05) is 29.8 Å². The van der Waals surface area contributed by atoms with Crippen molar-refractivity contribution in [3.8, 4) is 0 Å². The number of nitrogens with zero attached hydrogens (tertiary/aromatic N) is 1. The first kappa shape index (κ1) is 15.6. The lowest BCUT2D eigenvalue weighted by Crippen LogP contribution is -3.13. The second-order valence-electron chi connectivity index (χ2n) is 6.09. The third-order valence-corrected chi connectivity index (χ3v) is 4.25. The van der Waals surface area contributed by atoms with Gasteiger partial charge in [0.1, 0.15) is 12.3 Å². The molecular weight excluding hydrogens is 288 g/mol. The summed E-state index contributed by atoms with van der Waals surface area (Å²) in [5.41, 5.74) is 2.68. The summed E-state index contributed by atoms with van der Waals surface area (Å²) in [5, 5.41) is 0. The topological polar surface area (TPSA) is 37.9 Å². The zero-order valence-electron chi connectivity index (χ0n) is 13.5. The molecule has 0 aliphatic carbocycles. The Morgan fingerprint density at radius 3 is 2.78 bits per heavy atom. The van der Waals surface area contributed by atoms with Crippen molar-refractivity contribution in [3.63, 3.8) is 0 Å². The maximum absolute atomic E-state index is 12.2. The molecule has 0 saturated carbocycles. The molecule has 0 atom stereocenters. The quantitative estimate of drug-likeness (QED) is 0.870. The highest BCUT2D eigenvalue weighted by Gasteiger charge is 2.22. The summed E-state index contributed by atoms with van der Waals surface area (Å²) in [6.07, 6.45) is 4.94. The van der Waals surface area contributed by atoms with Gasteiger partial charge in [-0.15, -0.1) is 0 Å². The van der Waals surface area contributed by atoms with Gasteiger partial charge in [0.15, 0.2) is 0 Å². The van der Waals surface area contributed by atoms with E-state index in [0.717, 1.165) is 32.7 Å². The molecule has 4 nitrogen and oxygen atoms in total. The van der Waals surface area contributed by atoms with Crippen LogP contribution >= 0.6 is 0 Å². The summed E-state index contributed by atoms with van der Waals surface area (Å²) in [4.78, 5) is 15.6. The minimum Gasteiger partial charge on any atom is -0.465 e. The second kappa shape index (κ2) is 7.29. The predicted octanol–water partition coefficient (Wildman–Crippen LogP) is 1.53. The fourth-order valence-corrected chi connectivity index (χ4v) is 2.98. The van der Waals surface area contributed by atoms with Gasteiger partial charge < -0.3 is 14.2 Å². The van der Waals surface area contributed by atoms with Gasteiger partial charge in [-0.25, -0.2) is 0 Å². The molecule has 1 amide bonds. The van der Waals surface area contributed by atoms with E-state index < -0.39 is 0 Å². The average molecular weight is 311 g/mol. The fraction of sp³-hybridized carbons (Fsp3) is 0.316. The fourth-order valence-electron chi connectivity index (χ4n) is 2.98. The monoisotopic (exact) mass is 311 g/mol. The molecule has 1 saturated heterocycles. The Morgan fingerprint density at radius 2 is 2.09 bits per heavy atom. The Morgan fingerprint density at radius 1 is 1.26 bits per heavy atom. The molecule has 0 bridgehead atoms. The Hall–Kier alpha value is -2.33. The summed E-state index contributed by atoms with van der Waals surface area (Å²) in [5.74, 6) is 0.776. The Bertz CT molecular complexity index is 668. The molecule has 1 aliphatic heterocycles. The maximum atomic E-state index is 12.2. The van der Waals surface area contributed by atoms with E-state index in [1.165, 1.54) is 16.0 Å². The number of benzene rings is 1. The van der Waals surface area contributed by atoms with E-state index in [1.807, 2.05) is 17.0 Å². The molecule has 1 aromatic carbocycles. The Kier molecular flexibility index (Phi) is 4.93. The first-order valence-electron chi connectivity index (χ1n) is 8.10. The molecule has 1 aliphatic rings. The van der Waals surface area contributed by atoms with Crippen LogP contribution in [0, 0.1) is 6.92 Å². The lowest BCUT2D eigenvalue weighted by Gasteiger charge is -2.31. The van der Waals surface area contributed by atoms with Crippen molar-refractivity contribution in [2.75, 3.05) is 26.2 Å². The molecule has 4 heteroatoms. The zero-order chi connectivity index (χ0) is 16.1. The van der Waals surface area contributed by atoms with Crippen LogP contribution in [0.4, 0.5) is 0 Å². The first-order chi connectivity index (χ1) is 11.2. The Balaban J connectivity index is 1.49. The van der Waals surface area contributed by atoms with Crippen molar-refractivity contribution in [3.05, 3.63) is 65.6 Å². The van der Waals surface area contributed by atoms with Gasteiger partial charge in [0.05, 0.1) is 32.4 Å². The number of rotatable bonds is 4. The van der Waals surface area contributed by atoms with E-state index in [1.54, 1.807) is 18.4 Å². The molecule has 23 heavy (non-hydrogen) atoms. The number of furan rings is 1. The number of amides is 1. The van der Waals surface area contributed by atoms with E-state index >= 15 is 0 Å². The number of quaternary nitrogens is 1. The number of carbonyl (C=O) groups excluding carboxylic acids is 1. The normalized spacial score (nSPS) is 16.1. The average Bonchev–Trinajstić information content (AvgIpc) is 3.07. The van der Waals surface area contributed by atoms with Gasteiger partial charge in [-0.3, -0.25) is 4.79 Å². The van der Waals surface area contributed by atoms with Crippen LogP contribution in [0.15, 0.2) is 53.2 Å². The largest absolute Gasteiger partial charge is 0.465 e. The third-order valence-electron chi connectivity index (χ3n) is 4.25. The van der Waals surface area contributed by atoms with Crippen LogP contribution < -0.4 is 4.90 Å². The highest BCUT2D eigenvalue weighted by Crippen LogP contribution is 2.04. The molecule has 0 radical (unpaired) electrons. The minimum atomic E-state index is 0.0657. The second-order valence-corrected chi connectivity index (χ2v) is 6.09. The summed E-state index contributed by atoms with van der Waals surface area (Å²) in [7, 11) is 0. The van der Waals surface area contributed by atoms with Crippen molar-refractivity contribution in [1.29, 1.82) is 0 Å². The predicted molar refractivity (Wildman–Crippen MR) is 89.9 cm³/mol.